The van der Waals surface area contributed by atoms with Crippen molar-refractivity contribution >= 4 is 9.84 Å². The van der Waals surface area contributed by atoms with Crippen LogP contribution in [0.4, 0.5) is 0 Å². The molecule has 0 aromatic carbocycles. The van der Waals surface area contributed by atoms with E-state index in [0.717, 1.165) is 64.2 Å². The van der Waals surface area contributed by atoms with Crippen LogP contribution in [-0.4, -0.2) is 72.0 Å². The van der Waals surface area contributed by atoms with Crippen LogP contribution < -0.4 is 0 Å². The number of unbranched alkanes of at least 4 members (excludes halogenated alkanes) is 13. The predicted octanol–water partition coefficient (Wildman–Crippen LogP) is 8.56. The van der Waals surface area contributed by atoms with Crippen molar-refractivity contribution in [1.82, 2.24) is 0 Å². The van der Waals surface area contributed by atoms with Gasteiger partial charge in [0, 0.05) is 53.3 Å². The quantitative estimate of drug-likeness (QED) is 0.0560. The lowest BCUT2D eigenvalue weighted by Gasteiger charge is -2.46. The Hall–Kier alpha value is -0.290. The Balaban J connectivity index is 4.88. The minimum atomic E-state index is -3.55. The molecule has 8 nitrogen and oxygen atoms in total. The number of hydrogen-bond donors (Lipinski definition) is 0. The van der Waals surface area contributed by atoms with Crippen molar-refractivity contribution in [3.63, 3.8) is 0 Å². The summed E-state index contributed by atoms with van der Waals surface area (Å²) < 4.78 is 60.9. The van der Waals surface area contributed by atoms with Gasteiger partial charge < -0.3 is 28.4 Å². The first-order valence-electron chi connectivity index (χ1n) is 17.0. The largest absolute Gasteiger partial charge is 0.330 e. The Morgan fingerprint density at radius 1 is 0.476 bits per heavy atom. The summed E-state index contributed by atoms with van der Waals surface area (Å²) in [6.07, 6.45) is 17.9. The van der Waals surface area contributed by atoms with Crippen LogP contribution in [0.25, 0.3) is 0 Å². The molecule has 0 aromatic heterocycles. The van der Waals surface area contributed by atoms with Crippen LogP contribution in [0.15, 0.2) is 0 Å². The van der Waals surface area contributed by atoms with Gasteiger partial charge in [-0.2, -0.15) is 0 Å². The second-order valence-corrected chi connectivity index (χ2v) is 13.8. The Kier molecular flexibility index (Phi) is 23.8. The molecule has 0 aliphatic carbocycles. The lowest BCUT2D eigenvalue weighted by atomic mass is 9.90. The third kappa shape index (κ3) is 13.4. The molecule has 1 atom stereocenters. The average molecular weight is 625 g/mol. The smallest absolute Gasteiger partial charge is 0.302 e. The lowest BCUT2D eigenvalue weighted by Crippen LogP contribution is -2.62. The molecular weight excluding hydrogens is 556 g/mol. The van der Waals surface area contributed by atoms with Crippen molar-refractivity contribution in [2.45, 2.75) is 167 Å². The summed E-state index contributed by atoms with van der Waals surface area (Å²) in [5.41, 5.74) is 0. The van der Waals surface area contributed by atoms with Crippen molar-refractivity contribution in [3.8, 4) is 0 Å². The summed E-state index contributed by atoms with van der Waals surface area (Å²) in [6.45, 7) is 11.5. The summed E-state index contributed by atoms with van der Waals surface area (Å²) in [6, 6.07) is 0. The first-order chi connectivity index (χ1) is 20.2. The standard InChI is InChI=1S/C33H68O8S/c1-9-14-15-16-22-25-28-31(42(34,35)13-5,33(36-6,37-7)38-8)29-26-23-20-18-17-19-21-24-27-30-32(39-10-2,40-11-3)41-12-4/h9-30H2,1-8H3. The van der Waals surface area contributed by atoms with Gasteiger partial charge in [-0.3, -0.25) is 0 Å². The van der Waals surface area contributed by atoms with Crippen LogP contribution in [0.2, 0.25) is 0 Å². The van der Waals surface area contributed by atoms with E-state index in [1.54, 1.807) is 6.92 Å². The highest BCUT2D eigenvalue weighted by atomic mass is 32.2. The molecule has 254 valence electrons. The van der Waals surface area contributed by atoms with Gasteiger partial charge in [-0.05, 0) is 40.0 Å². The van der Waals surface area contributed by atoms with Crippen LogP contribution in [0.5, 0.6) is 0 Å². The van der Waals surface area contributed by atoms with E-state index in [1.165, 1.54) is 59.9 Å². The molecule has 0 saturated heterocycles. The minimum absolute atomic E-state index is 0.0293. The number of sulfone groups is 1. The molecule has 42 heavy (non-hydrogen) atoms. The predicted molar refractivity (Wildman–Crippen MR) is 172 cm³/mol. The second kappa shape index (κ2) is 24.0. The first kappa shape index (κ1) is 41.7. The number of hydrogen-bond acceptors (Lipinski definition) is 8. The van der Waals surface area contributed by atoms with E-state index in [0.29, 0.717) is 32.7 Å². The van der Waals surface area contributed by atoms with E-state index in [9.17, 15) is 8.42 Å². The Morgan fingerprint density at radius 3 is 1.12 bits per heavy atom. The van der Waals surface area contributed by atoms with Gasteiger partial charge in [0.25, 0.3) is 5.97 Å². The van der Waals surface area contributed by atoms with Gasteiger partial charge in [0.1, 0.15) is 0 Å². The summed E-state index contributed by atoms with van der Waals surface area (Å²) in [5, 5.41) is 0. The maximum Gasteiger partial charge on any atom is 0.302 e. The molecule has 0 spiro atoms. The van der Waals surface area contributed by atoms with Gasteiger partial charge in [0.2, 0.25) is 0 Å². The number of ether oxygens (including phenoxy) is 6. The van der Waals surface area contributed by atoms with Gasteiger partial charge in [-0.1, -0.05) is 104 Å². The molecule has 0 fully saturated rings. The van der Waals surface area contributed by atoms with Crippen molar-refractivity contribution < 1.29 is 36.8 Å². The van der Waals surface area contributed by atoms with Crippen molar-refractivity contribution in [1.29, 1.82) is 0 Å². The zero-order chi connectivity index (χ0) is 31.8. The third-order valence-electron chi connectivity index (χ3n) is 8.43. The first-order valence-corrected chi connectivity index (χ1v) is 18.6. The molecule has 0 amide bonds. The van der Waals surface area contributed by atoms with E-state index in [4.69, 9.17) is 28.4 Å². The summed E-state index contributed by atoms with van der Waals surface area (Å²) in [7, 11) is 0.907. The van der Waals surface area contributed by atoms with E-state index in [2.05, 4.69) is 6.92 Å². The molecule has 0 N–H and O–H groups in total. The molecule has 0 aliphatic heterocycles. The fourth-order valence-corrected chi connectivity index (χ4v) is 8.29. The highest BCUT2D eigenvalue weighted by Crippen LogP contribution is 2.44. The molecule has 1 unspecified atom stereocenters. The molecule has 0 aliphatic rings. The molecular formula is C33H68O8S. The fraction of sp³-hybridized carbons (Fsp3) is 1.00. The molecule has 0 aromatic rings. The lowest BCUT2D eigenvalue weighted by molar-refractivity contribution is -0.380. The van der Waals surface area contributed by atoms with Crippen LogP contribution in [0, 0.1) is 0 Å². The highest BCUT2D eigenvalue weighted by Gasteiger charge is 2.61. The maximum atomic E-state index is 13.7. The van der Waals surface area contributed by atoms with Gasteiger partial charge in [0.05, 0.1) is 0 Å². The zero-order valence-corrected chi connectivity index (χ0v) is 29.5. The van der Waals surface area contributed by atoms with Crippen LogP contribution >= 0.6 is 0 Å². The molecule has 0 heterocycles. The second-order valence-electron chi connectivity index (χ2n) is 11.2. The van der Waals surface area contributed by atoms with Crippen molar-refractivity contribution in [2.24, 2.45) is 0 Å². The van der Waals surface area contributed by atoms with E-state index >= 15 is 0 Å². The van der Waals surface area contributed by atoms with Gasteiger partial charge in [-0.25, -0.2) is 8.42 Å². The maximum absolute atomic E-state index is 13.7. The monoisotopic (exact) mass is 624 g/mol. The zero-order valence-electron chi connectivity index (χ0n) is 28.7. The SMILES string of the molecule is CCCCCCCCC(CCCCCCCCCCCC(OCC)(OCC)OCC)(C(OC)(OC)OC)S(=O)(=O)CC. The summed E-state index contributed by atoms with van der Waals surface area (Å²) in [4.78, 5) is 0. The third-order valence-corrected chi connectivity index (χ3v) is 11.0. The minimum Gasteiger partial charge on any atom is -0.330 e. The Morgan fingerprint density at radius 2 is 0.810 bits per heavy atom. The number of rotatable bonds is 31. The van der Waals surface area contributed by atoms with Crippen molar-refractivity contribution in [3.05, 3.63) is 0 Å². The van der Waals surface area contributed by atoms with Crippen LogP contribution in [-0.2, 0) is 38.3 Å². The van der Waals surface area contributed by atoms with E-state index in [-0.39, 0.29) is 5.75 Å². The van der Waals surface area contributed by atoms with Gasteiger partial charge in [-0.15, -0.1) is 0 Å². The van der Waals surface area contributed by atoms with E-state index < -0.39 is 26.5 Å². The van der Waals surface area contributed by atoms with Crippen LogP contribution in [0.1, 0.15) is 150 Å². The molecule has 0 rings (SSSR count). The summed E-state index contributed by atoms with van der Waals surface area (Å²) in [5.74, 6) is -2.49. The molecule has 9 heteroatoms. The molecule has 0 saturated carbocycles. The van der Waals surface area contributed by atoms with Gasteiger partial charge >= 0.3 is 5.97 Å². The topological polar surface area (TPSA) is 89.5 Å². The van der Waals surface area contributed by atoms with E-state index in [1.807, 2.05) is 20.8 Å². The summed E-state index contributed by atoms with van der Waals surface area (Å²) >= 11 is 0. The Bertz CT molecular complexity index is 700. The van der Waals surface area contributed by atoms with Crippen LogP contribution in [0.3, 0.4) is 0 Å². The fourth-order valence-electron chi connectivity index (χ4n) is 6.20. The normalized spacial score (nSPS) is 14.4. The Labute approximate surface area is 260 Å². The molecule has 0 bridgehead atoms. The highest BCUT2D eigenvalue weighted by molar-refractivity contribution is 7.92. The van der Waals surface area contributed by atoms with Gasteiger partial charge in [0.15, 0.2) is 14.6 Å². The molecule has 0 radical (unpaired) electrons. The number of methoxy groups -OCH3 is 3. The van der Waals surface area contributed by atoms with Crippen molar-refractivity contribution in [2.75, 3.05) is 46.9 Å². The average Bonchev–Trinajstić information content (AvgIpc) is 2.98.